The Morgan fingerprint density at radius 3 is 2.05 bits per heavy atom. The second-order valence-electron chi connectivity index (χ2n) is 3.87. The lowest BCUT2D eigenvalue weighted by Gasteiger charge is -2.07. The molecule has 0 aromatic heterocycles. The second-order valence-corrected chi connectivity index (χ2v) is 3.87. The van der Waals surface area contributed by atoms with E-state index in [-0.39, 0.29) is 6.61 Å². The number of methoxy groups -OCH3 is 1. The van der Waals surface area contributed by atoms with E-state index in [1.807, 2.05) is 0 Å². The van der Waals surface area contributed by atoms with Gasteiger partial charge in [-0.1, -0.05) is 13.3 Å². The summed E-state index contributed by atoms with van der Waals surface area (Å²) < 4.78 is 24.9. The largest absolute Gasteiger partial charge is 0.508 e. The van der Waals surface area contributed by atoms with Gasteiger partial charge in [-0.2, -0.15) is 0 Å². The van der Waals surface area contributed by atoms with Gasteiger partial charge in [0, 0.05) is 26.7 Å². The highest BCUT2D eigenvalue weighted by Crippen LogP contribution is 1.91. The third kappa shape index (κ3) is 15.1. The van der Waals surface area contributed by atoms with Gasteiger partial charge in [0.05, 0.1) is 26.4 Å². The summed E-state index contributed by atoms with van der Waals surface area (Å²) in [5.74, 6) is 0. The van der Waals surface area contributed by atoms with Crippen molar-refractivity contribution in [1.29, 1.82) is 0 Å². The van der Waals surface area contributed by atoms with Gasteiger partial charge in [0.1, 0.15) is 6.61 Å². The van der Waals surface area contributed by atoms with E-state index in [2.05, 4.69) is 6.92 Å². The molecule has 0 aromatic rings. The summed E-state index contributed by atoms with van der Waals surface area (Å²) in [4.78, 5) is 11.0. The average Bonchev–Trinajstić information content (AvgIpc) is 2.41. The Morgan fingerprint density at radius 2 is 1.42 bits per heavy atom. The lowest BCUT2D eigenvalue weighted by Crippen LogP contribution is -2.13. The number of hydrogen-bond acceptors (Lipinski definition) is 6. The van der Waals surface area contributed by atoms with E-state index < -0.39 is 6.16 Å². The number of carbonyl (C=O) groups is 1. The second kappa shape index (κ2) is 15.2. The molecule has 0 atom stereocenters. The van der Waals surface area contributed by atoms with E-state index in [0.29, 0.717) is 39.5 Å². The molecule has 0 aromatic carbocycles. The number of rotatable bonds is 13. The first-order chi connectivity index (χ1) is 9.31. The van der Waals surface area contributed by atoms with Gasteiger partial charge in [0.2, 0.25) is 0 Å². The lowest BCUT2D eigenvalue weighted by atomic mass is 10.4. The zero-order valence-electron chi connectivity index (χ0n) is 12.0. The molecule has 114 valence electrons. The van der Waals surface area contributed by atoms with Crippen LogP contribution in [0.25, 0.3) is 0 Å². The van der Waals surface area contributed by atoms with Crippen molar-refractivity contribution in [2.24, 2.45) is 0 Å². The smallest absolute Gasteiger partial charge is 0.434 e. The summed E-state index contributed by atoms with van der Waals surface area (Å²) in [5, 5.41) is 0. The lowest BCUT2D eigenvalue weighted by molar-refractivity contribution is 0.0213. The molecule has 0 radical (unpaired) electrons. The van der Waals surface area contributed by atoms with E-state index in [0.717, 1.165) is 19.4 Å². The molecule has 0 heterocycles. The number of unbranched alkanes of at least 4 members (excludes halogenated alkanes) is 1. The highest BCUT2D eigenvalue weighted by molar-refractivity contribution is 5.59. The van der Waals surface area contributed by atoms with Crippen LogP contribution >= 0.6 is 0 Å². The maximum absolute atomic E-state index is 11.0. The molecule has 0 aliphatic carbocycles. The summed E-state index contributed by atoms with van der Waals surface area (Å²) in [6.45, 7) is 5.51. The fourth-order valence-corrected chi connectivity index (χ4v) is 1.13. The van der Waals surface area contributed by atoms with Crippen molar-refractivity contribution in [2.75, 3.05) is 53.4 Å². The minimum absolute atomic E-state index is 0.209. The fourth-order valence-electron chi connectivity index (χ4n) is 1.13. The van der Waals surface area contributed by atoms with Crippen molar-refractivity contribution < 1.29 is 28.5 Å². The zero-order valence-corrected chi connectivity index (χ0v) is 12.0. The normalized spacial score (nSPS) is 10.4. The van der Waals surface area contributed by atoms with E-state index in [4.69, 9.17) is 23.7 Å². The summed E-state index contributed by atoms with van der Waals surface area (Å²) in [6.07, 6.45) is 2.20. The van der Waals surface area contributed by atoms with Gasteiger partial charge in [0.25, 0.3) is 0 Å². The molecule has 0 N–H and O–H groups in total. The molecule has 0 aliphatic rings. The van der Waals surface area contributed by atoms with Crippen molar-refractivity contribution >= 4 is 6.16 Å². The van der Waals surface area contributed by atoms with Crippen LogP contribution in [0.1, 0.15) is 26.2 Å². The van der Waals surface area contributed by atoms with Crippen molar-refractivity contribution in [2.45, 2.75) is 26.2 Å². The van der Waals surface area contributed by atoms with Gasteiger partial charge in [0.15, 0.2) is 0 Å². The first-order valence-corrected chi connectivity index (χ1v) is 6.75. The highest BCUT2D eigenvalue weighted by Gasteiger charge is 2.02. The van der Waals surface area contributed by atoms with E-state index in [1.54, 1.807) is 0 Å². The minimum Gasteiger partial charge on any atom is -0.434 e. The summed E-state index contributed by atoms with van der Waals surface area (Å²) in [6, 6.07) is 0. The number of hydrogen-bond donors (Lipinski definition) is 0. The van der Waals surface area contributed by atoms with E-state index in [9.17, 15) is 4.79 Å². The monoisotopic (exact) mass is 278 g/mol. The molecule has 0 unspecified atom stereocenters. The van der Waals surface area contributed by atoms with Gasteiger partial charge in [-0.15, -0.1) is 0 Å². The molecule has 6 heteroatoms. The maximum atomic E-state index is 11.0. The van der Waals surface area contributed by atoms with Crippen molar-refractivity contribution in [1.82, 2.24) is 0 Å². The van der Waals surface area contributed by atoms with Crippen LogP contribution in [0, 0.1) is 0 Å². The van der Waals surface area contributed by atoms with Gasteiger partial charge >= 0.3 is 6.16 Å². The Kier molecular flexibility index (Phi) is 14.5. The van der Waals surface area contributed by atoms with Gasteiger partial charge in [-0.05, 0) is 6.42 Å². The van der Waals surface area contributed by atoms with Crippen LogP contribution in [0.5, 0.6) is 0 Å². The van der Waals surface area contributed by atoms with Crippen molar-refractivity contribution in [3.8, 4) is 0 Å². The number of ether oxygens (including phenoxy) is 5. The highest BCUT2D eigenvalue weighted by atomic mass is 16.7. The molecule has 0 amide bonds. The molecule has 0 rings (SSSR count). The van der Waals surface area contributed by atoms with Crippen molar-refractivity contribution in [3.63, 3.8) is 0 Å². The van der Waals surface area contributed by atoms with Gasteiger partial charge in [-0.25, -0.2) is 4.79 Å². The quantitative estimate of drug-likeness (QED) is 0.379. The number of carbonyl (C=O) groups excluding carboxylic acids is 1. The maximum Gasteiger partial charge on any atom is 0.508 e. The third-order valence-electron chi connectivity index (χ3n) is 2.17. The molecule has 0 saturated carbocycles. The van der Waals surface area contributed by atoms with Gasteiger partial charge in [-0.3, -0.25) is 0 Å². The Labute approximate surface area is 115 Å². The molecule has 19 heavy (non-hydrogen) atoms. The molecule has 0 spiro atoms. The average molecular weight is 278 g/mol. The first kappa shape index (κ1) is 18.1. The fraction of sp³-hybridized carbons (Fsp3) is 0.923. The van der Waals surface area contributed by atoms with E-state index in [1.165, 1.54) is 7.11 Å². The Hall–Kier alpha value is -0.850. The van der Waals surface area contributed by atoms with Crippen molar-refractivity contribution in [3.05, 3.63) is 0 Å². The SMILES string of the molecule is CCCCOCCOCCCOC(=O)OCCOC. The Balaban J connectivity index is 3.07. The van der Waals surface area contributed by atoms with Crippen LogP contribution in [-0.4, -0.2) is 59.5 Å². The predicted octanol–water partition coefficient (Wildman–Crippen LogP) is 2.01. The van der Waals surface area contributed by atoms with Crippen LogP contribution in [0.4, 0.5) is 4.79 Å². The summed E-state index contributed by atoms with van der Waals surface area (Å²) in [5.41, 5.74) is 0. The Bertz CT molecular complexity index is 198. The van der Waals surface area contributed by atoms with E-state index >= 15 is 0 Å². The van der Waals surface area contributed by atoms with Crippen LogP contribution in [-0.2, 0) is 23.7 Å². The minimum atomic E-state index is -0.667. The molecule has 0 aliphatic heterocycles. The molecule has 0 bridgehead atoms. The zero-order chi connectivity index (χ0) is 14.2. The predicted molar refractivity (Wildman–Crippen MR) is 70.3 cm³/mol. The van der Waals surface area contributed by atoms with Crippen LogP contribution in [0.2, 0.25) is 0 Å². The Morgan fingerprint density at radius 1 is 0.789 bits per heavy atom. The molecule has 0 fully saturated rings. The van der Waals surface area contributed by atoms with Crippen LogP contribution < -0.4 is 0 Å². The molecule has 0 saturated heterocycles. The molecule has 6 nitrogen and oxygen atoms in total. The first-order valence-electron chi connectivity index (χ1n) is 6.75. The van der Waals surface area contributed by atoms with Gasteiger partial charge < -0.3 is 23.7 Å². The topological polar surface area (TPSA) is 63.2 Å². The van der Waals surface area contributed by atoms with Crippen LogP contribution in [0.3, 0.4) is 0 Å². The third-order valence-corrected chi connectivity index (χ3v) is 2.17. The molecular formula is C13H26O6. The van der Waals surface area contributed by atoms with Crippen LogP contribution in [0.15, 0.2) is 0 Å². The summed E-state index contributed by atoms with van der Waals surface area (Å²) >= 11 is 0. The summed E-state index contributed by atoms with van der Waals surface area (Å²) in [7, 11) is 1.54. The molecular weight excluding hydrogens is 252 g/mol. The standard InChI is InChI=1S/C13H26O6/c1-3-4-6-16-10-11-17-7-5-8-18-13(14)19-12-9-15-2/h3-12H2,1-2H3.